The van der Waals surface area contributed by atoms with Crippen LogP contribution in [0.25, 0.3) is 0 Å². The van der Waals surface area contributed by atoms with Gasteiger partial charge in [0.15, 0.2) is 0 Å². The fourth-order valence-corrected chi connectivity index (χ4v) is 1.66. The molecule has 0 saturated heterocycles. The van der Waals surface area contributed by atoms with Gasteiger partial charge in [-0.15, -0.1) is 0 Å². The SMILES string of the molecule is Cc1n[nH]c(C)c1CNCCC(=O)NCC(C)C. The molecule has 1 rings (SSSR count). The number of rotatable bonds is 7. The van der Waals surface area contributed by atoms with Gasteiger partial charge in [-0.05, 0) is 19.8 Å². The van der Waals surface area contributed by atoms with Gasteiger partial charge in [-0.1, -0.05) is 13.8 Å². The van der Waals surface area contributed by atoms with Crippen molar-refractivity contribution >= 4 is 5.91 Å². The lowest BCUT2D eigenvalue weighted by atomic mass is 10.2. The maximum absolute atomic E-state index is 11.5. The van der Waals surface area contributed by atoms with Crippen molar-refractivity contribution in [3.05, 3.63) is 17.0 Å². The van der Waals surface area contributed by atoms with E-state index >= 15 is 0 Å². The highest BCUT2D eigenvalue weighted by molar-refractivity contribution is 5.76. The molecule has 0 aromatic carbocycles. The minimum Gasteiger partial charge on any atom is -0.356 e. The van der Waals surface area contributed by atoms with Crippen molar-refractivity contribution in [2.24, 2.45) is 5.92 Å². The van der Waals surface area contributed by atoms with E-state index in [0.717, 1.165) is 24.5 Å². The van der Waals surface area contributed by atoms with Crippen LogP contribution in [0.5, 0.6) is 0 Å². The molecule has 0 saturated carbocycles. The van der Waals surface area contributed by atoms with Gasteiger partial charge in [-0.2, -0.15) is 5.10 Å². The Morgan fingerprint density at radius 2 is 2.11 bits per heavy atom. The van der Waals surface area contributed by atoms with E-state index in [1.54, 1.807) is 0 Å². The van der Waals surface area contributed by atoms with Crippen LogP contribution in [0.4, 0.5) is 0 Å². The molecule has 0 unspecified atom stereocenters. The largest absolute Gasteiger partial charge is 0.356 e. The summed E-state index contributed by atoms with van der Waals surface area (Å²) in [4.78, 5) is 11.5. The number of hydrogen-bond acceptors (Lipinski definition) is 3. The van der Waals surface area contributed by atoms with Gasteiger partial charge in [0, 0.05) is 37.3 Å². The van der Waals surface area contributed by atoms with E-state index in [2.05, 4.69) is 34.7 Å². The van der Waals surface area contributed by atoms with Gasteiger partial charge in [-0.25, -0.2) is 0 Å². The highest BCUT2D eigenvalue weighted by atomic mass is 16.1. The van der Waals surface area contributed by atoms with Crippen LogP contribution >= 0.6 is 0 Å². The quantitative estimate of drug-likeness (QED) is 0.640. The van der Waals surface area contributed by atoms with Gasteiger partial charge in [0.25, 0.3) is 0 Å². The van der Waals surface area contributed by atoms with E-state index in [4.69, 9.17) is 0 Å². The minimum absolute atomic E-state index is 0.108. The van der Waals surface area contributed by atoms with Gasteiger partial charge in [0.2, 0.25) is 5.91 Å². The number of aromatic amines is 1. The molecule has 1 heterocycles. The average molecular weight is 252 g/mol. The Balaban J connectivity index is 2.17. The fourth-order valence-electron chi connectivity index (χ4n) is 1.66. The zero-order chi connectivity index (χ0) is 13.5. The van der Waals surface area contributed by atoms with Gasteiger partial charge in [0.1, 0.15) is 0 Å². The zero-order valence-electron chi connectivity index (χ0n) is 11.8. The van der Waals surface area contributed by atoms with Crippen LogP contribution in [0.15, 0.2) is 0 Å². The molecule has 18 heavy (non-hydrogen) atoms. The first-order valence-corrected chi connectivity index (χ1v) is 6.48. The Morgan fingerprint density at radius 3 is 2.67 bits per heavy atom. The van der Waals surface area contributed by atoms with Crippen LogP contribution in [-0.4, -0.2) is 29.2 Å². The van der Waals surface area contributed by atoms with Crippen molar-refractivity contribution in [2.75, 3.05) is 13.1 Å². The molecule has 0 spiro atoms. The van der Waals surface area contributed by atoms with E-state index in [0.29, 0.717) is 18.9 Å². The van der Waals surface area contributed by atoms with Gasteiger partial charge in [-0.3, -0.25) is 9.89 Å². The number of amides is 1. The Bertz CT molecular complexity index is 365. The summed E-state index contributed by atoms with van der Waals surface area (Å²) in [6, 6.07) is 0. The maximum atomic E-state index is 11.5. The van der Waals surface area contributed by atoms with Crippen molar-refractivity contribution in [3.63, 3.8) is 0 Å². The minimum atomic E-state index is 0.108. The molecule has 0 aliphatic rings. The molecular weight excluding hydrogens is 228 g/mol. The van der Waals surface area contributed by atoms with Crippen LogP contribution in [0, 0.1) is 19.8 Å². The first kappa shape index (κ1) is 14.7. The van der Waals surface area contributed by atoms with Crippen molar-refractivity contribution in [1.29, 1.82) is 0 Å². The molecule has 0 bridgehead atoms. The third-order valence-electron chi connectivity index (χ3n) is 2.82. The summed E-state index contributed by atoms with van der Waals surface area (Å²) in [6.45, 7) is 10.4. The average Bonchev–Trinajstić information content (AvgIpc) is 2.63. The Kier molecular flexibility index (Phi) is 5.85. The lowest BCUT2D eigenvalue weighted by Gasteiger charge is -2.08. The summed E-state index contributed by atoms with van der Waals surface area (Å²) < 4.78 is 0. The number of nitrogens with one attached hydrogen (secondary N) is 3. The van der Waals surface area contributed by atoms with Crippen LogP contribution in [0.2, 0.25) is 0 Å². The second kappa shape index (κ2) is 7.16. The third-order valence-corrected chi connectivity index (χ3v) is 2.82. The predicted octanol–water partition coefficient (Wildman–Crippen LogP) is 1.28. The molecule has 5 nitrogen and oxygen atoms in total. The van der Waals surface area contributed by atoms with Crippen LogP contribution in [0.3, 0.4) is 0 Å². The van der Waals surface area contributed by atoms with E-state index < -0.39 is 0 Å². The molecule has 0 aliphatic heterocycles. The lowest BCUT2D eigenvalue weighted by molar-refractivity contribution is -0.121. The van der Waals surface area contributed by atoms with Crippen LogP contribution in [-0.2, 0) is 11.3 Å². The molecule has 1 amide bonds. The molecule has 5 heteroatoms. The molecular formula is C13H24N4O. The number of carbonyl (C=O) groups excluding carboxylic acids is 1. The summed E-state index contributed by atoms with van der Waals surface area (Å²) in [5.41, 5.74) is 3.30. The van der Waals surface area contributed by atoms with Gasteiger partial charge >= 0.3 is 0 Å². The van der Waals surface area contributed by atoms with E-state index in [9.17, 15) is 4.79 Å². The summed E-state index contributed by atoms with van der Waals surface area (Å²) >= 11 is 0. The summed E-state index contributed by atoms with van der Waals surface area (Å²) in [5, 5.41) is 13.3. The molecule has 0 atom stereocenters. The molecule has 102 valence electrons. The number of nitrogens with zero attached hydrogens (tertiary/aromatic N) is 1. The third kappa shape index (κ3) is 4.87. The van der Waals surface area contributed by atoms with Gasteiger partial charge < -0.3 is 10.6 Å². The highest BCUT2D eigenvalue weighted by Gasteiger charge is 2.06. The number of carbonyl (C=O) groups is 1. The molecule has 1 aromatic heterocycles. The molecule has 0 radical (unpaired) electrons. The van der Waals surface area contributed by atoms with E-state index in [1.165, 1.54) is 5.56 Å². The van der Waals surface area contributed by atoms with E-state index in [-0.39, 0.29) is 5.91 Å². The van der Waals surface area contributed by atoms with Crippen molar-refractivity contribution in [2.45, 2.75) is 40.7 Å². The molecule has 3 N–H and O–H groups in total. The summed E-state index contributed by atoms with van der Waals surface area (Å²) in [6.07, 6.45) is 0.517. The maximum Gasteiger partial charge on any atom is 0.221 e. The molecule has 0 aliphatic carbocycles. The number of aromatic nitrogens is 2. The van der Waals surface area contributed by atoms with E-state index in [1.807, 2.05) is 13.8 Å². The number of H-pyrrole nitrogens is 1. The highest BCUT2D eigenvalue weighted by Crippen LogP contribution is 2.08. The van der Waals surface area contributed by atoms with Gasteiger partial charge in [0.05, 0.1) is 5.69 Å². The zero-order valence-corrected chi connectivity index (χ0v) is 11.8. The number of hydrogen-bond donors (Lipinski definition) is 3. The summed E-state index contributed by atoms with van der Waals surface area (Å²) in [7, 11) is 0. The van der Waals surface area contributed by atoms with Crippen LogP contribution in [0.1, 0.15) is 37.2 Å². The summed E-state index contributed by atoms with van der Waals surface area (Å²) in [5.74, 6) is 0.606. The number of aryl methyl sites for hydroxylation is 2. The monoisotopic (exact) mass is 252 g/mol. The molecule has 1 aromatic rings. The second-order valence-corrected chi connectivity index (χ2v) is 5.04. The van der Waals surface area contributed by atoms with Crippen molar-refractivity contribution in [3.8, 4) is 0 Å². The second-order valence-electron chi connectivity index (χ2n) is 5.04. The topological polar surface area (TPSA) is 69.8 Å². The Hall–Kier alpha value is -1.36. The van der Waals surface area contributed by atoms with Crippen LogP contribution < -0.4 is 10.6 Å². The Morgan fingerprint density at radius 1 is 1.39 bits per heavy atom. The lowest BCUT2D eigenvalue weighted by Crippen LogP contribution is -2.30. The normalized spacial score (nSPS) is 10.9. The fraction of sp³-hybridized carbons (Fsp3) is 0.692. The molecule has 0 fully saturated rings. The Labute approximate surface area is 109 Å². The first-order valence-electron chi connectivity index (χ1n) is 6.48. The van der Waals surface area contributed by atoms with Crippen molar-refractivity contribution in [1.82, 2.24) is 20.8 Å². The standard InChI is InChI=1S/C13H24N4O/c1-9(2)7-15-13(18)5-6-14-8-12-10(3)16-17-11(12)4/h9,14H,5-8H2,1-4H3,(H,15,18)(H,16,17). The van der Waals surface area contributed by atoms with Crippen molar-refractivity contribution < 1.29 is 4.79 Å². The first-order chi connectivity index (χ1) is 8.50. The predicted molar refractivity (Wildman–Crippen MR) is 72.2 cm³/mol. The smallest absolute Gasteiger partial charge is 0.221 e.